The maximum Gasteiger partial charge on any atom is 0.227 e. The average Bonchev–Trinajstić information content (AvgIpc) is 2.82. The van der Waals surface area contributed by atoms with Gasteiger partial charge in [0.1, 0.15) is 0 Å². The van der Waals surface area contributed by atoms with E-state index < -0.39 is 0 Å². The van der Waals surface area contributed by atoms with Gasteiger partial charge in [0.15, 0.2) is 0 Å². The first-order valence-corrected chi connectivity index (χ1v) is 7.38. The quantitative estimate of drug-likeness (QED) is 0.783. The van der Waals surface area contributed by atoms with Crippen molar-refractivity contribution in [2.75, 3.05) is 5.32 Å². The highest BCUT2D eigenvalue weighted by Gasteiger charge is 2.19. The van der Waals surface area contributed by atoms with Crippen LogP contribution in [0.2, 0.25) is 0 Å². The molecule has 0 saturated heterocycles. The molecule has 2 aromatic heterocycles. The van der Waals surface area contributed by atoms with E-state index in [4.69, 9.17) is 4.98 Å². The Morgan fingerprint density at radius 2 is 1.91 bits per heavy atom. The third-order valence-corrected chi connectivity index (χ3v) is 3.69. The maximum absolute atomic E-state index is 4.71. The molecule has 2 heterocycles. The van der Waals surface area contributed by atoms with Crippen molar-refractivity contribution in [3.8, 4) is 0 Å². The highest BCUT2D eigenvalue weighted by molar-refractivity contribution is 5.91. The number of benzene rings is 1. The zero-order chi connectivity index (χ0) is 15.9. The van der Waals surface area contributed by atoms with Crippen molar-refractivity contribution >= 4 is 22.5 Å². The largest absolute Gasteiger partial charge is 0.322 e. The zero-order valence-corrected chi connectivity index (χ0v) is 13.7. The first kappa shape index (κ1) is 14.5. The molecule has 0 fully saturated rings. The Hall–Kier alpha value is -2.43. The number of rotatable bonds is 2. The molecule has 0 bridgehead atoms. The Morgan fingerprint density at radius 3 is 2.64 bits per heavy atom. The lowest BCUT2D eigenvalue weighted by Crippen LogP contribution is -2.17. The van der Waals surface area contributed by atoms with Gasteiger partial charge in [0.2, 0.25) is 5.95 Å². The second kappa shape index (κ2) is 5.09. The van der Waals surface area contributed by atoms with Gasteiger partial charge in [-0.05, 0) is 18.6 Å². The van der Waals surface area contributed by atoms with Crippen LogP contribution >= 0.6 is 0 Å². The van der Waals surface area contributed by atoms with Crippen molar-refractivity contribution in [1.82, 2.24) is 19.7 Å². The predicted molar refractivity (Wildman–Crippen MR) is 89.5 cm³/mol. The molecule has 0 aliphatic carbocycles. The van der Waals surface area contributed by atoms with Crippen LogP contribution in [0.1, 0.15) is 32.0 Å². The number of hydrogen-bond donors (Lipinski definition) is 1. The number of aryl methyl sites for hydroxylation is 2. The van der Waals surface area contributed by atoms with Gasteiger partial charge < -0.3 is 5.32 Å². The summed E-state index contributed by atoms with van der Waals surface area (Å²) in [6.07, 6.45) is 3.73. The average molecular weight is 295 g/mol. The minimum atomic E-state index is -0.0119. The van der Waals surface area contributed by atoms with Crippen LogP contribution < -0.4 is 5.32 Å². The highest BCUT2D eigenvalue weighted by Crippen LogP contribution is 2.27. The summed E-state index contributed by atoms with van der Waals surface area (Å²) in [5, 5.41) is 8.73. The van der Waals surface area contributed by atoms with Gasteiger partial charge in [-0.3, -0.25) is 4.68 Å². The van der Waals surface area contributed by atoms with Gasteiger partial charge in [-0.15, -0.1) is 0 Å². The first-order chi connectivity index (χ1) is 10.4. The van der Waals surface area contributed by atoms with E-state index in [1.807, 2.05) is 49.2 Å². The van der Waals surface area contributed by atoms with Gasteiger partial charge in [-0.25, -0.2) is 9.97 Å². The SMILES string of the molecule is Cc1cnc(Nc2cccc3cnn(C)c23)nc1C(C)(C)C. The molecule has 5 heteroatoms. The number of fused-ring (bicyclic) bond motifs is 1. The second-order valence-electron chi connectivity index (χ2n) is 6.61. The van der Waals surface area contributed by atoms with E-state index >= 15 is 0 Å². The van der Waals surface area contributed by atoms with Crippen LogP contribution in [0.15, 0.2) is 30.6 Å². The molecule has 0 saturated carbocycles. The third-order valence-electron chi connectivity index (χ3n) is 3.69. The number of anilines is 2. The minimum Gasteiger partial charge on any atom is -0.322 e. The molecule has 0 aliphatic rings. The number of para-hydroxylation sites is 1. The Balaban J connectivity index is 2.04. The van der Waals surface area contributed by atoms with Crippen molar-refractivity contribution in [3.63, 3.8) is 0 Å². The smallest absolute Gasteiger partial charge is 0.227 e. The van der Waals surface area contributed by atoms with Crippen molar-refractivity contribution < 1.29 is 0 Å². The summed E-state index contributed by atoms with van der Waals surface area (Å²) in [6, 6.07) is 6.07. The maximum atomic E-state index is 4.71. The summed E-state index contributed by atoms with van der Waals surface area (Å²) in [5.41, 5.74) is 4.16. The molecular weight excluding hydrogens is 274 g/mol. The molecular formula is C17H21N5. The van der Waals surface area contributed by atoms with E-state index in [2.05, 4.69) is 36.2 Å². The van der Waals surface area contributed by atoms with Crippen molar-refractivity contribution in [2.45, 2.75) is 33.1 Å². The monoisotopic (exact) mass is 295 g/mol. The van der Waals surface area contributed by atoms with Gasteiger partial charge >= 0.3 is 0 Å². The van der Waals surface area contributed by atoms with Gasteiger partial charge in [-0.2, -0.15) is 5.10 Å². The van der Waals surface area contributed by atoms with Crippen LogP contribution in [0.4, 0.5) is 11.6 Å². The topological polar surface area (TPSA) is 55.6 Å². The summed E-state index contributed by atoms with van der Waals surface area (Å²) in [4.78, 5) is 9.12. The van der Waals surface area contributed by atoms with Crippen molar-refractivity contribution in [1.29, 1.82) is 0 Å². The lowest BCUT2D eigenvalue weighted by molar-refractivity contribution is 0.563. The van der Waals surface area contributed by atoms with Crippen LogP contribution in [-0.4, -0.2) is 19.7 Å². The molecule has 114 valence electrons. The molecule has 0 unspecified atom stereocenters. The van der Waals surface area contributed by atoms with Crippen LogP contribution in [0, 0.1) is 6.92 Å². The van der Waals surface area contributed by atoms with Gasteiger partial charge in [0.25, 0.3) is 0 Å². The van der Waals surface area contributed by atoms with E-state index in [0.29, 0.717) is 5.95 Å². The first-order valence-electron chi connectivity index (χ1n) is 7.38. The molecule has 0 spiro atoms. The number of hydrogen-bond acceptors (Lipinski definition) is 4. The van der Waals surface area contributed by atoms with E-state index in [1.165, 1.54) is 0 Å². The standard InChI is InChI=1S/C17H21N5/c1-11-9-18-16(21-15(11)17(2,3)4)20-13-8-6-7-12-10-19-22(5)14(12)13/h6-10H,1-5H3,(H,18,20,21). The van der Waals surface area contributed by atoms with Crippen LogP contribution in [0.25, 0.3) is 10.9 Å². The van der Waals surface area contributed by atoms with E-state index in [0.717, 1.165) is 27.8 Å². The molecule has 3 aromatic rings. The molecule has 22 heavy (non-hydrogen) atoms. The van der Waals surface area contributed by atoms with Gasteiger partial charge in [-0.1, -0.05) is 32.9 Å². The second-order valence-corrected chi connectivity index (χ2v) is 6.61. The number of nitrogens with zero attached hydrogens (tertiary/aromatic N) is 4. The summed E-state index contributed by atoms with van der Waals surface area (Å²) in [6.45, 7) is 8.53. The molecule has 0 atom stereocenters. The summed E-state index contributed by atoms with van der Waals surface area (Å²) in [5.74, 6) is 0.615. The van der Waals surface area contributed by atoms with Gasteiger partial charge in [0.05, 0.1) is 23.1 Å². The van der Waals surface area contributed by atoms with Crippen LogP contribution in [0.5, 0.6) is 0 Å². The number of nitrogens with one attached hydrogen (secondary N) is 1. The summed E-state index contributed by atoms with van der Waals surface area (Å²) < 4.78 is 1.86. The van der Waals surface area contributed by atoms with Crippen LogP contribution in [-0.2, 0) is 12.5 Å². The molecule has 1 N–H and O–H groups in total. The summed E-state index contributed by atoms with van der Waals surface area (Å²) >= 11 is 0. The van der Waals surface area contributed by atoms with Gasteiger partial charge in [0, 0.05) is 24.0 Å². The Kier molecular flexibility index (Phi) is 3.35. The van der Waals surface area contributed by atoms with E-state index in [-0.39, 0.29) is 5.41 Å². The normalized spacial score (nSPS) is 11.9. The number of aromatic nitrogens is 4. The molecule has 1 aromatic carbocycles. The van der Waals surface area contributed by atoms with E-state index in [1.54, 1.807) is 0 Å². The van der Waals surface area contributed by atoms with Crippen LogP contribution in [0.3, 0.4) is 0 Å². The lowest BCUT2D eigenvalue weighted by Gasteiger charge is -2.20. The fraction of sp³-hybridized carbons (Fsp3) is 0.353. The molecule has 3 rings (SSSR count). The zero-order valence-electron chi connectivity index (χ0n) is 13.7. The Morgan fingerprint density at radius 1 is 1.14 bits per heavy atom. The fourth-order valence-electron chi connectivity index (χ4n) is 2.72. The lowest BCUT2D eigenvalue weighted by atomic mass is 9.89. The highest BCUT2D eigenvalue weighted by atomic mass is 15.3. The van der Waals surface area contributed by atoms with E-state index in [9.17, 15) is 0 Å². The molecule has 0 aliphatic heterocycles. The minimum absolute atomic E-state index is 0.0119. The molecule has 5 nitrogen and oxygen atoms in total. The Labute approximate surface area is 130 Å². The Bertz CT molecular complexity index is 827. The van der Waals surface area contributed by atoms with Crippen molar-refractivity contribution in [2.24, 2.45) is 7.05 Å². The molecule has 0 radical (unpaired) electrons. The fourth-order valence-corrected chi connectivity index (χ4v) is 2.72. The van der Waals surface area contributed by atoms with Crippen molar-refractivity contribution in [3.05, 3.63) is 41.9 Å². The summed E-state index contributed by atoms with van der Waals surface area (Å²) in [7, 11) is 1.93. The molecule has 0 amide bonds. The predicted octanol–water partition coefficient (Wildman–Crippen LogP) is 3.71. The third kappa shape index (κ3) is 2.54.